The van der Waals surface area contributed by atoms with Crippen molar-refractivity contribution in [2.24, 2.45) is 0 Å². The smallest absolute Gasteiger partial charge is 0.337 e. The number of carbonyl (C=O) groups excluding carboxylic acids is 1. The molecule has 0 bridgehead atoms. The third-order valence-corrected chi connectivity index (χ3v) is 6.47. The molecule has 6 heteroatoms. The van der Waals surface area contributed by atoms with Crippen LogP contribution in [0.5, 0.6) is 11.5 Å². The number of esters is 1. The summed E-state index contributed by atoms with van der Waals surface area (Å²) in [6.07, 6.45) is 3.82. The Kier molecular flexibility index (Phi) is 3.30. The monoisotopic (exact) mass is 395 g/mol. The number of hydrogen-bond donors (Lipinski definition) is 1. The molecule has 3 aliphatic heterocycles. The van der Waals surface area contributed by atoms with Gasteiger partial charge in [-0.05, 0) is 55.0 Å². The summed E-state index contributed by atoms with van der Waals surface area (Å²) in [5.41, 5.74) is 3.93. The molecule has 0 saturated heterocycles. The Hall–Kier alpha value is -2.66. The molecule has 1 aliphatic carbocycles. The summed E-state index contributed by atoms with van der Waals surface area (Å²) in [4.78, 5) is 13.1. The zero-order chi connectivity index (χ0) is 18.9. The van der Waals surface area contributed by atoms with Crippen molar-refractivity contribution in [2.75, 3.05) is 12.1 Å². The second-order valence-electron chi connectivity index (χ2n) is 7.79. The molecule has 1 atom stereocenters. The zero-order valence-electron chi connectivity index (χ0n) is 15.1. The van der Waals surface area contributed by atoms with Crippen molar-refractivity contribution in [1.29, 1.82) is 0 Å². The lowest BCUT2D eigenvalue weighted by Crippen LogP contribution is -2.32. The van der Waals surface area contributed by atoms with Crippen LogP contribution in [0.25, 0.3) is 0 Å². The highest BCUT2D eigenvalue weighted by atomic mass is 35.5. The predicted molar refractivity (Wildman–Crippen MR) is 104 cm³/mol. The van der Waals surface area contributed by atoms with E-state index in [0.717, 1.165) is 48.2 Å². The van der Waals surface area contributed by atoms with Crippen molar-refractivity contribution in [2.45, 2.75) is 37.2 Å². The summed E-state index contributed by atoms with van der Waals surface area (Å²) in [5, 5.41) is 4.17. The number of ether oxygens (including phenoxy) is 3. The molecular formula is C22H18ClNO4. The minimum atomic E-state index is -0.530. The predicted octanol–water partition coefficient (Wildman–Crippen LogP) is 4.75. The molecule has 4 aliphatic rings. The third kappa shape index (κ3) is 2.17. The van der Waals surface area contributed by atoms with E-state index in [0.29, 0.717) is 22.1 Å². The highest BCUT2D eigenvalue weighted by Gasteiger charge is 2.53. The van der Waals surface area contributed by atoms with Gasteiger partial charge in [0.1, 0.15) is 0 Å². The minimum Gasteiger partial charge on any atom is -0.454 e. The lowest BCUT2D eigenvalue weighted by molar-refractivity contribution is -0.146. The molecule has 5 nitrogen and oxygen atoms in total. The number of nitrogens with one attached hydrogen (secondary N) is 1. The summed E-state index contributed by atoms with van der Waals surface area (Å²) in [7, 11) is 0. The Morgan fingerprint density at radius 2 is 1.86 bits per heavy atom. The quantitative estimate of drug-likeness (QED) is 0.706. The van der Waals surface area contributed by atoms with E-state index in [-0.39, 0.29) is 18.7 Å². The van der Waals surface area contributed by atoms with E-state index in [1.807, 2.05) is 36.4 Å². The van der Waals surface area contributed by atoms with Gasteiger partial charge in [0.15, 0.2) is 17.1 Å². The minimum absolute atomic E-state index is 0.208. The van der Waals surface area contributed by atoms with Crippen molar-refractivity contribution < 1.29 is 19.0 Å². The molecule has 2 aromatic carbocycles. The fourth-order valence-electron chi connectivity index (χ4n) is 5.00. The average Bonchev–Trinajstić information content (AvgIpc) is 3.39. The molecule has 1 saturated carbocycles. The fourth-order valence-corrected chi connectivity index (χ4v) is 5.20. The third-order valence-electron chi connectivity index (χ3n) is 6.23. The van der Waals surface area contributed by atoms with E-state index in [1.165, 1.54) is 0 Å². The van der Waals surface area contributed by atoms with Gasteiger partial charge in [0.05, 0.1) is 11.3 Å². The van der Waals surface area contributed by atoms with Crippen LogP contribution in [0.2, 0.25) is 5.02 Å². The molecule has 6 rings (SSSR count). The maximum absolute atomic E-state index is 13.1. The standard InChI is InChI=1S/C22H18ClNO4/c23-13-5-3-4-12(8-13)18-14-9-16-17(27-11-26-16)10-15(14)24-20-19(18)21(25)28-22(20)6-1-2-7-22/h3-5,8-10,18,24H,1-2,6-7,11H2. The van der Waals surface area contributed by atoms with Crippen LogP contribution in [-0.4, -0.2) is 18.4 Å². The van der Waals surface area contributed by atoms with Crippen LogP contribution >= 0.6 is 11.6 Å². The number of benzene rings is 2. The van der Waals surface area contributed by atoms with Gasteiger partial charge in [0, 0.05) is 22.7 Å². The van der Waals surface area contributed by atoms with E-state index in [2.05, 4.69) is 5.32 Å². The fraction of sp³-hybridized carbons (Fsp3) is 0.318. The second-order valence-corrected chi connectivity index (χ2v) is 8.22. The molecule has 3 heterocycles. The molecular weight excluding hydrogens is 378 g/mol. The summed E-state index contributed by atoms with van der Waals surface area (Å²) in [6.45, 7) is 0.208. The first-order valence-corrected chi connectivity index (χ1v) is 9.96. The van der Waals surface area contributed by atoms with E-state index in [1.54, 1.807) is 0 Å². The molecule has 142 valence electrons. The zero-order valence-corrected chi connectivity index (χ0v) is 15.8. The van der Waals surface area contributed by atoms with Gasteiger partial charge < -0.3 is 19.5 Å². The largest absolute Gasteiger partial charge is 0.454 e. The Labute approximate surface area is 167 Å². The maximum Gasteiger partial charge on any atom is 0.337 e. The van der Waals surface area contributed by atoms with E-state index in [4.69, 9.17) is 25.8 Å². The summed E-state index contributed by atoms with van der Waals surface area (Å²) in [5.74, 6) is 0.911. The summed E-state index contributed by atoms with van der Waals surface area (Å²) < 4.78 is 17.2. The van der Waals surface area contributed by atoms with Crippen LogP contribution in [-0.2, 0) is 9.53 Å². The summed E-state index contributed by atoms with van der Waals surface area (Å²) in [6, 6.07) is 11.6. The van der Waals surface area contributed by atoms with Crippen LogP contribution in [0.15, 0.2) is 47.7 Å². The molecule has 0 radical (unpaired) electrons. The number of rotatable bonds is 1. The Balaban J connectivity index is 1.60. The summed E-state index contributed by atoms with van der Waals surface area (Å²) >= 11 is 6.29. The van der Waals surface area contributed by atoms with Gasteiger partial charge in [-0.15, -0.1) is 0 Å². The van der Waals surface area contributed by atoms with Crippen LogP contribution in [0.1, 0.15) is 42.7 Å². The van der Waals surface area contributed by atoms with Crippen LogP contribution in [0.3, 0.4) is 0 Å². The first-order valence-electron chi connectivity index (χ1n) is 9.59. The number of fused-ring (bicyclic) bond motifs is 3. The van der Waals surface area contributed by atoms with Gasteiger partial charge in [-0.2, -0.15) is 0 Å². The lowest BCUT2D eigenvalue weighted by Gasteiger charge is -2.32. The van der Waals surface area contributed by atoms with Crippen LogP contribution < -0.4 is 14.8 Å². The maximum atomic E-state index is 13.1. The molecule has 1 unspecified atom stereocenters. The molecule has 1 N–H and O–H groups in total. The normalized spacial score (nSPS) is 23.5. The van der Waals surface area contributed by atoms with Crippen molar-refractivity contribution >= 4 is 23.3 Å². The highest BCUT2D eigenvalue weighted by Crippen LogP contribution is 2.55. The molecule has 1 fully saturated rings. The molecule has 1 spiro atoms. The van der Waals surface area contributed by atoms with E-state index < -0.39 is 5.60 Å². The van der Waals surface area contributed by atoms with Crippen molar-refractivity contribution in [3.8, 4) is 11.5 Å². The molecule has 2 aromatic rings. The van der Waals surface area contributed by atoms with Crippen molar-refractivity contribution in [1.82, 2.24) is 0 Å². The van der Waals surface area contributed by atoms with Gasteiger partial charge in [0.2, 0.25) is 6.79 Å². The first kappa shape index (κ1) is 16.3. The number of anilines is 1. The Bertz CT molecular complexity index is 1050. The van der Waals surface area contributed by atoms with Gasteiger partial charge in [-0.3, -0.25) is 0 Å². The van der Waals surface area contributed by atoms with Crippen molar-refractivity contribution in [3.05, 3.63) is 63.8 Å². The van der Waals surface area contributed by atoms with Crippen LogP contribution in [0, 0.1) is 0 Å². The topological polar surface area (TPSA) is 56.8 Å². The molecule has 28 heavy (non-hydrogen) atoms. The highest BCUT2D eigenvalue weighted by molar-refractivity contribution is 6.30. The number of halogens is 1. The Morgan fingerprint density at radius 3 is 2.64 bits per heavy atom. The van der Waals surface area contributed by atoms with E-state index >= 15 is 0 Å². The van der Waals surface area contributed by atoms with E-state index in [9.17, 15) is 4.79 Å². The van der Waals surface area contributed by atoms with Crippen molar-refractivity contribution in [3.63, 3.8) is 0 Å². The SMILES string of the molecule is O=C1OC2(CCCC2)C2=C1C(c1cccc(Cl)c1)c1cc3c(cc1N2)OCO3. The average molecular weight is 396 g/mol. The lowest BCUT2D eigenvalue weighted by atomic mass is 9.78. The Morgan fingerprint density at radius 1 is 1.07 bits per heavy atom. The van der Waals surface area contributed by atoms with Crippen LogP contribution in [0.4, 0.5) is 5.69 Å². The number of carbonyl (C=O) groups is 1. The first-order chi connectivity index (χ1) is 13.6. The van der Waals surface area contributed by atoms with Gasteiger partial charge in [0.25, 0.3) is 0 Å². The van der Waals surface area contributed by atoms with Gasteiger partial charge in [-0.25, -0.2) is 4.79 Å². The number of hydrogen-bond acceptors (Lipinski definition) is 5. The van der Waals surface area contributed by atoms with Gasteiger partial charge in [-0.1, -0.05) is 23.7 Å². The van der Waals surface area contributed by atoms with Gasteiger partial charge >= 0.3 is 5.97 Å². The second kappa shape index (κ2) is 5.67. The molecule has 0 aromatic heterocycles. The molecule has 0 amide bonds.